The van der Waals surface area contributed by atoms with Crippen LogP contribution in [-0.4, -0.2) is 64.5 Å². The first-order valence-corrected chi connectivity index (χ1v) is 17.9. The summed E-state index contributed by atoms with van der Waals surface area (Å²) in [5.41, 5.74) is 0. The smallest absolute Gasteiger partial charge is 0.264 e. The molecule has 38 heavy (non-hydrogen) atoms. The van der Waals surface area contributed by atoms with Crippen molar-refractivity contribution in [2.45, 2.75) is 129 Å². The molecule has 0 bridgehead atoms. The van der Waals surface area contributed by atoms with Crippen molar-refractivity contribution in [2.75, 3.05) is 6.61 Å². The van der Waals surface area contributed by atoms with Gasteiger partial charge in [-0.3, -0.25) is 9.11 Å². The molecule has 0 heterocycles. The molecule has 0 aromatic heterocycles. The van der Waals surface area contributed by atoms with Crippen molar-refractivity contribution in [3.05, 3.63) is 0 Å². The first kappa shape index (κ1) is 39.5. The SMILES string of the molecule is CCCCCC[C@@H](Cl)[C@H](Cl)[C@@H](OS(=O)(=O)O)[C@H](Cl)C[C@@H](Cl)CCCCCCCCC(Cl)(Cl)COS(=O)(=O)O. The number of hydrogen-bond donors (Lipinski definition) is 2. The van der Waals surface area contributed by atoms with Crippen LogP contribution < -0.4 is 0 Å². The maximum atomic E-state index is 11.4. The molecule has 2 N–H and O–H groups in total. The van der Waals surface area contributed by atoms with E-state index in [1.165, 1.54) is 0 Å². The highest BCUT2D eigenvalue weighted by molar-refractivity contribution is 7.81. The van der Waals surface area contributed by atoms with Gasteiger partial charge >= 0.3 is 20.8 Å². The average Bonchev–Trinajstić information content (AvgIpc) is 2.79. The molecule has 0 rings (SSSR count). The van der Waals surface area contributed by atoms with Crippen molar-refractivity contribution < 1.29 is 34.3 Å². The van der Waals surface area contributed by atoms with Gasteiger partial charge in [-0.25, -0.2) is 8.37 Å². The summed E-state index contributed by atoms with van der Waals surface area (Å²) in [7, 11) is -9.38. The zero-order valence-electron chi connectivity index (χ0n) is 21.4. The van der Waals surface area contributed by atoms with Gasteiger partial charge in [0.05, 0.1) is 16.1 Å². The Morgan fingerprint density at radius 2 is 1.26 bits per heavy atom. The Hall–Kier alpha value is 1.48. The quantitative estimate of drug-likeness (QED) is 0.0586. The van der Waals surface area contributed by atoms with Crippen LogP contribution in [-0.2, 0) is 29.2 Å². The van der Waals surface area contributed by atoms with Gasteiger partial charge in [0.15, 0.2) is 0 Å². The fourth-order valence-electron chi connectivity index (χ4n) is 3.77. The number of halogens is 6. The second kappa shape index (κ2) is 20.4. The van der Waals surface area contributed by atoms with Gasteiger partial charge in [0.1, 0.15) is 17.0 Å². The minimum absolute atomic E-state index is 0.213. The Kier molecular flexibility index (Phi) is 21.2. The molecule has 5 atom stereocenters. The minimum atomic E-state index is -4.80. The van der Waals surface area contributed by atoms with Crippen LogP contribution in [0.4, 0.5) is 0 Å². The summed E-state index contributed by atoms with van der Waals surface area (Å²) in [6, 6.07) is 0. The van der Waals surface area contributed by atoms with Crippen molar-refractivity contribution in [2.24, 2.45) is 0 Å². The molecule has 8 nitrogen and oxygen atoms in total. The lowest BCUT2D eigenvalue weighted by atomic mass is 10.00. The lowest BCUT2D eigenvalue weighted by Crippen LogP contribution is -2.41. The molecule has 0 fully saturated rings. The Balaban J connectivity index is 4.39. The van der Waals surface area contributed by atoms with Gasteiger partial charge < -0.3 is 0 Å². The monoisotopic (exact) mass is 706 g/mol. The molecule has 0 spiro atoms. The Bertz CT molecular complexity index is 832. The first-order chi connectivity index (χ1) is 17.5. The van der Waals surface area contributed by atoms with Crippen LogP contribution in [0.1, 0.15) is 96.8 Å². The lowest BCUT2D eigenvalue weighted by Gasteiger charge is -2.29. The normalized spacial score (nSPS) is 17.2. The van der Waals surface area contributed by atoms with Crippen LogP contribution in [0.25, 0.3) is 0 Å². The van der Waals surface area contributed by atoms with Crippen molar-refractivity contribution >= 4 is 90.4 Å². The number of unbranched alkanes of at least 4 members (excludes halogenated alkanes) is 8. The van der Waals surface area contributed by atoms with Gasteiger partial charge in [0, 0.05) is 5.38 Å². The van der Waals surface area contributed by atoms with Crippen molar-refractivity contribution in [3.63, 3.8) is 0 Å². The van der Waals surface area contributed by atoms with E-state index in [2.05, 4.69) is 11.1 Å². The van der Waals surface area contributed by atoms with E-state index >= 15 is 0 Å². The van der Waals surface area contributed by atoms with E-state index in [1.807, 2.05) is 0 Å². The van der Waals surface area contributed by atoms with Gasteiger partial charge in [-0.1, -0.05) is 94.3 Å². The van der Waals surface area contributed by atoms with Crippen molar-refractivity contribution in [1.29, 1.82) is 0 Å². The van der Waals surface area contributed by atoms with Crippen LogP contribution in [0.15, 0.2) is 0 Å². The summed E-state index contributed by atoms with van der Waals surface area (Å²) in [6.45, 7) is 1.56. The van der Waals surface area contributed by atoms with Crippen LogP contribution in [0.2, 0.25) is 0 Å². The van der Waals surface area contributed by atoms with E-state index in [1.54, 1.807) is 0 Å². The summed E-state index contributed by atoms with van der Waals surface area (Å²) in [6.07, 6.45) is 9.45. The standard InChI is InChI=1S/C22H40Cl6O8S2/c1-2-3-4-10-13-18(24)20(26)21(36-38(32,33)34)19(25)15-17(23)12-9-7-5-6-8-11-14-22(27,28)16-35-37(29,30)31/h17-21H,2-16H2,1H3,(H,29,30,31)(H,32,33,34)/t17-,18+,19+,20-,21-/m0/s1. The molecule has 0 aliphatic heterocycles. The largest absolute Gasteiger partial charge is 0.397 e. The highest BCUT2D eigenvalue weighted by atomic mass is 35.5. The zero-order chi connectivity index (χ0) is 29.4. The van der Waals surface area contributed by atoms with Crippen molar-refractivity contribution in [1.82, 2.24) is 0 Å². The zero-order valence-corrected chi connectivity index (χ0v) is 27.6. The van der Waals surface area contributed by atoms with Gasteiger partial charge in [-0.05, 0) is 25.7 Å². The number of alkyl halides is 6. The Labute approximate surface area is 258 Å². The Morgan fingerprint density at radius 3 is 1.82 bits per heavy atom. The van der Waals surface area contributed by atoms with Gasteiger partial charge in [-0.15, -0.1) is 46.4 Å². The van der Waals surface area contributed by atoms with Crippen LogP contribution >= 0.6 is 69.6 Å². The molecule has 0 saturated heterocycles. The van der Waals surface area contributed by atoms with Crippen molar-refractivity contribution in [3.8, 4) is 0 Å². The predicted molar refractivity (Wildman–Crippen MR) is 157 cm³/mol. The Morgan fingerprint density at radius 1 is 0.737 bits per heavy atom. The van der Waals surface area contributed by atoms with E-state index in [9.17, 15) is 21.4 Å². The molecular formula is C22H40Cl6O8S2. The number of rotatable bonds is 24. The maximum absolute atomic E-state index is 11.4. The second-order valence-corrected chi connectivity index (χ2v) is 15.4. The first-order valence-electron chi connectivity index (χ1n) is 12.7. The molecule has 0 amide bonds. The molecule has 0 radical (unpaired) electrons. The van der Waals surface area contributed by atoms with Crippen LogP contribution in [0.5, 0.6) is 0 Å². The van der Waals surface area contributed by atoms with Crippen LogP contribution in [0.3, 0.4) is 0 Å². The van der Waals surface area contributed by atoms with Gasteiger partial charge in [0.2, 0.25) is 0 Å². The summed E-state index contributed by atoms with van der Waals surface area (Å²) in [4.78, 5) is 0. The van der Waals surface area contributed by atoms with Crippen LogP contribution in [0, 0.1) is 0 Å². The summed E-state index contributed by atoms with van der Waals surface area (Å²) in [5, 5.41) is -2.77. The van der Waals surface area contributed by atoms with Gasteiger partial charge in [-0.2, -0.15) is 16.8 Å². The van der Waals surface area contributed by atoms with E-state index < -0.39 is 54.0 Å². The van der Waals surface area contributed by atoms with E-state index in [0.717, 1.165) is 57.8 Å². The highest BCUT2D eigenvalue weighted by Crippen LogP contribution is 2.31. The summed E-state index contributed by atoms with van der Waals surface area (Å²) < 4.78 is 69.4. The molecule has 0 aromatic rings. The average molecular weight is 709 g/mol. The topological polar surface area (TPSA) is 127 Å². The molecule has 0 unspecified atom stereocenters. The minimum Gasteiger partial charge on any atom is -0.264 e. The molecule has 0 aliphatic carbocycles. The maximum Gasteiger partial charge on any atom is 0.397 e. The van der Waals surface area contributed by atoms with E-state index in [0.29, 0.717) is 25.7 Å². The second-order valence-electron chi connectivity index (χ2n) is 9.35. The summed E-state index contributed by atoms with van der Waals surface area (Å²) in [5.74, 6) is 0. The third-order valence-electron chi connectivity index (χ3n) is 5.79. The molecule has 16 heteroatoms. The third-order valence-corrected chi connectivity index (χ3v) is 9.26. The fourth-order valence-corrected chi connectivity index (χ4v) is 6.87. The molecule has 0 aliphatic rings. The molecule has 0 saturated carbocycles. The fraction of sp³-hybridized carbons (Fsp3) is 1.00. The lowest BCUT2D eigenvalue weighted by molar-refractivity contribution is 0.165. The highest BCUT2D eigenvalue weighted by Gasteiger charge is 2.37. The van der Waals surface area contributed by atoms with E-state index in [4.69, 9.17) is 78.3 Å². The van der Waals surface area contributed by atoms with Gasteiger partial charge in [0.25, 0.3) is 0 Å². The summed E-state index contributed by atoms with van der Waals surface area (Å²) >= 11 is 37.7. The molecule has 0 aromatic carbocycles. The molecular weight excluding hydrogens is 669 g/mol. The number of hydrogen-bond acceptors (Lipinski definition) is 6. The third kappa shape index (κ3) is 22.1. The molecule has 230 valence electrons. The van der Waals surface area contributed by atoms with E-state index in [-0.39, 0.29) is 11.8 Å². The predicted octanol–water partition coefficient (Wildman–Crippen LogP) is 8.08.